The van der Waals surface area contributed by atoms with Crippen molar-refractivity contribution in [2.45, 2.75) is 57.4 Å². The lowest BCUT2D eigenvalue weighted by Crippen LogP contribution is -2.45. The predicted octanol–water partition coefficient (Wildman–Crippen LogP) is 3.48. The van der Waals surface area contributed by atoms with Crippen molar-refractivity contribution in [2.24, 2.45) is 0 Å². The van der Waals surface area contributed by atoms with Gasteiger partial charge < -0.3 is 15.5 Å². The smallest absolute Gasteiger partial charge is 0.240 e. The lowest BCUT2D eigenvalue weighted by atomic mass is 9.90. The quantitative estimate of drug-likeness (QED) is 0.537. The predicted molar refractivity (Wildman–Crippen MR) is 139 cm³/mol. The van der Waals surface area contributed by atoms with E-state index in [1.807, 2.05) is 12.1 Å². The highest BCUT2D eigenvalue weighted by molar-refractivity contribution is 7.86. The molecule has 3 amide bonds. The molecule has 0 heterocycles. The van der Waals surface area contributed by atoms with Crippen molar-refractivity contribution in [3.8, 4) is 0 Å². The lowest BCUT2D eigenvalue weighted by Gasteiger charge is -2.28. The zero-order valence-electron chi connectivity index (χ0n) is 20.3. The molecule has 192 valence electrons. The van der Waals surface area contributed by atoms with Gasteiger partial charge in [-0.3, -0.25) is 18.6 Å². The van der Waals surface area contributed by atoms with Crippen LogP contribution in [0.4, 0.5) is 15.8 Å². The fraction of sp³-hybridized carbons (Fsp3) is 0.444. The number of benzene rings is 2. The highest BCUT2D eigenvalue weighted by Crippen LogP contribution is 2.31. The molecule has 0 saturated heterocycles. The van der Waals surface area contributed by atoms with Crippen molar-refractivity contribution in [3.63, 3.8) is 0 Å². The van der Waals surface area contributed by atoms with Gasteiger partial charge in [0.25, 0.3) is 0 Å². The van der Waals surface area contributed by atoms with Crippen LogP contribution in [0, 0.1) is 5.82 Å². The average Bonchev–Trinajstić information content (AvgIpc) is 3.36. The Kier molecular flexibility index (Phi) is 8.85. The van der Waals surface area contributed by atoms with Gasteiger partial charge in [0.1, 0.15) is 23.9 Å². The number of aryl methyl sites for hydroxylation is 1. The van der Waals surface area contributed by atoms with Crippen molar-refractivity contribution >= 4 is 39.9 Å². The Bertz CT molecular complexity index is 1130. The molecule has 2 aromatic rings. The third-order valence-corrected chi connectivity index (χ3v) is 7.84. The van der Waals surface area contributed by atoms with Crippen LogP contribution in [0.3, 0.4) is 0 Å². The van der Waals surface area contributed by atoms with Gasteiger partial charge in [-0.15, -0.1) is 0 Å². The van der Waals surface area contributed by atoms with E-state index in [9.17, 15) is 23.0 Å². The molecule has 0 spiro atoms. The Hall–Kier alpha value is -3.07. The molecule has 2 aliphatic carbocycles. The molecule has 0 bridgehead atoms. The van der Waals surface area contributed by atoms with Gasteiger partial charge in [0.2, 0.25) is 17.7 Å². The number of amides is 3. The summed E-state index contributed by atoms with van der Waals surface area (Å²) in [5, 5.41) is 5.59. The molecule has 1 fully saturated rings. The van der Waals surface area contributed by atoms with Crippen LogP contribution < -0.4 is 15.5 Å². The minimum atomic E-state index is -1.78. The number of hydrogen-bond acceptors (Lipinski definition) is 4. The minimum Gasteiger partial charge on any atom is -0.352 e. The summed E-state index contributed by atoms with van der Waals surface area (Å²) in [6.45, 7) is -0.148. The van der Waals surface area contributed by atoms with E-state index in [2.05, 4.69) is 16.7 Å². The summed E-state index contributed by atoms with van der Waals surface area (Å²) >= 11 is 0. The van der Waals surface area contributed by atoms with Crippen molar-refractivity contribution in [1.29, 1.82) is 0 Å². The summed E-state index contributed by atoms with van der Waals surface area (Å²) in [6, 6.07) is 11.2. The average molecular weight is 514 g/mol. The van der Waals surface area contributed by atoms with Gasteiger partial charge in [-0.05, 0) is 80.0 Å². The Morgan fingerprint density at radius 2 is 1.64 bits per heavy atom. The van der Waals surface area contributed by atoms with Crippen molar-refractivity contribution in [2.75, 3.05) is 28.3 Å². The SMILES string of the molecule is O=C(C[S@@](=O)CC(=O)N(CC(=O)NC1CCCC1)c1cccc2c1CCCC2)Nc1ccc(F)cc1. The fourth-order valence-corrected chi connectivity index (χ4v) is 5.85. The third-order valence-electron chi connectivity index (χ3n) is 6.69. The monoisotopic (exact) mass is 513 g/mol. The first-order valence-corrected chi connectivity index (χ1v) is 14.0. The Balaban J connectivity index is 1.45. The van der Waals surface area contributed by atoms with Crippen LogP contribution in [0.25, 0.3) is 0 Å². The van der Waals surface area contributed by atoms with Crippen LogP contribution >= 0.6 is 0 Å². The van der Waals surface area contributed by atoms with E-state index in [4.69, 9.17) is 0 Å². The molecule has 9 heteroatoms. The van der Waals surface area contributed by atoms with Crippen LogP contribution in [0.5, 0.6) is 0 Å². The first-order valence-electron chi connectivity index (χ1n) is 12.5. The number of carbonyl (C=O) groups excluding carboxylic acids is 3. The van der Waals surface area contributed by atoms with Gasteiger partial charge in [-0.2, -0.15) is 0 Å². The number of nitrogens with zero attached hydrogens (tertiary/aromatic N) is 1. The summed E-state index contributed by atoms with van der Waals surface area (Å²) < 4.78 is 25.8. The van der Waals surface area contributed by atoms with Crippen LogP contribution in [0.15, 0.2) is 42.5 Å². The zero-order chi connectivity index (χ0) is 25.5. The van der Waals surface area contributed by atoms with Crippen molar-refractivity contribution in [1.82, 2.24) is 5.32 Å². The fourth-order valence-electron chi connectivity index (χ4n) is 4.95. The first kappa shape index (κ1) is 26.0. The maximum atomic E-state index is 13.4. The molecule has 0 aromatic heterocycles. The number of hydrogen-bond donors (Lipinski definition) is 2. The summed E-state index contributed by atoms with van der Waals surface area (Å²) in [7, 11) is -1.78. The lowest BCUT2D eigenvalue weighted by molar-refractivity contribution is -0.123. The van der Waals surface area contributed by atoms with E-state index < -0.39 is 28.4 Å². The number of halogens is 1. The van der Waals surface area contributed by atoms with E-state index in [1.165, 1.54) is 34.7 Å². The largest absolute Gasteiger partial charge is 0.352 e. The van der Waals surface area contributed by atoms with Gasteiger partial charge in [-0.25, -0.2) is 4.39 Å². The molecule has 0 unspecified atom stereocenters. The summed E-state index contributed by atoms with van der Waals surface area (Å²) in [6.07, 6.45) is 7.88. The molecule has 0 aliphatic heterocycles. The molecule has 1 saturated carbocycles. The standard InChI is InChI=1S/C27H32FN3O4S/c28-20-12-14-22(15-13-20)30-26(33)17-36(35)18-27(34)31(16-25(32)29-21-8-2-3-9-21)24-11-5-7-19-6-1-4-10-23(19)24/h5,7,11-15,21H,1-4,6,8-10,16-18H2,(H,29,32)(H,30,33)/t36-/m1/s1. The summed E-state index contributed by atoms with van der Waals surface area (Å²) in [4.78, 5) is 40.0. The molecule has 2 aliphatic rings. The molecular weight excluding hydrogens is 481 g/mol. The third kappa shape index (κ3) is 7.00. The molecule has 36 heavy (non-hydrogen) atoms. The second-order valence-corrected chi connectivity index (χ2v) is 10.9. The summed E-state index contributed by atoms with van der Waals surface area (Å²) in [5.41, 5.74) is 3.30. The number of rotatable bonds is 9. The molecular formula is C27H32FN3O4S. The van der Waals surface area contributed by atoms with Crippen LogP contribution in [-0.4, -0.2) is 46.0 Å². The topological polar surface area (TPSA) is 95.6 Å². The highest BCUT2D eigenvalue weighted by atomic mass is 32.2. The number of fused-ring (bicyclic) bond motifs is 1. The van der Waals surface area contributed by atoms with Gasteiger partial charge in [0.15, 0.2) is 0 Å². The Morgan fingerprint density at radius 1 is 0.917 bits per heavy atom. The summed E-state index contributed by atoms with van der Waals surface area (Å²) in [5.74, 6) is -2.40. The second kappa shape index (κ2) is 12.3. The second-order valence-electron chi connectivity index (χ2n) is 9.43. The molecule has 0 radical (unpaired) electrons. The van der Waals surface area contributed by atoms with Crippen molar-refractivity contribution in [3.05, 3.63) is 59.4 Å². The van der Waals surface area contributed by atoms with Gasteiger partial charge in [0, 0.05) is 28.2 Å². The molecule has 4 rings (SSSR count). The minimum absolute atomic E-state index is 0.128. The Labute approximate surface area is 213 Å². The zero-order valence-corrected chi connectivity index (χ0v) is 21.1. The van der Waals surface area contributed by atoms with E-state index in [1.54, 1.807) is 0 Å². The maximum Gasteiger partial charge on any atom is 0.240 e. The van der Waals surface area contributed by atoms with Crippen LogP contribution in [0.1, 0.15) is 49.7 Å². The molecule has 7 nitrogen and oxygen atoms in total. The van der Waals surface area contributed by atoms with E-state index in [-0.39, 0.29) is 30.0 Å². The number of anilines is 2. The van der Waals surface area contributed by atoms with Crippen LogP contribution in [0.2, 0.25) is 0 Å². The molecule has 2 N–H and O–H groups in total. The van der Waals surface area contributed by atoms with Gasteiger partial charge in [0.05, 0.1) is 0 Å². The number of nitrogens with one attached hydrogen (secondary N) is 2. The first-order chi connectivity index (χ1) is 17.4. The normalized spacial score (nSPS) is 16.1. The van der Waals surface area contributed by atoms with Crippen molar-refractivity contribution < 1.29 is 23.0 Å². The van der Waals surface area contributed by atoms with E-state index >= 15 is 0 Å². The Morgan fingerprint density at radius 3 is 2.39 bits per heavy atom. The van der Waals surface area contributed by atoms with Crippen LogP contribution in [-0.2, 0) is 38.0 Å². The van der Waals surface area contributed by atoms with E-state index in [0.717, 1.165) is 56.9 Å². The van der Waals surface area contributed by atoms with E-state index in [0.29, 0.717) is 11.4 Å². The molecule has 2 aromatic carbocycles. The van der Waals surface area contributed by atoms with Gasteiger partial charge in [-0.1, -0.05) is 25.0 Å². The number of carbonyl (C=O) groups is 3. The molecule has 1 atom stereocenters. The van der Waals surface area contributed by atoms with Gasteiger partial charge >= 0.3 is 0 Å². The maximum absolute atomic E-state index is 13.4. The highest BCUT2D eigenvalue weighted by Gasteiger charge is 2.27.